The first-order valence-corrected chi connectivity index (χ1v) is 14.0. The van der Waals surface area contributed by atoms with E-state index in [1.807, 2.05) is 18.2 Å². The van der Waals surface area contributed by atoms with Crippen LogP contribution >= 0.6 is 0 Å². The van der Waals surface area contributed by atoms with Crippen LogP contribution in [0.4, 0.5) is 15.3 Å². The summed E-state index contributed by atoms with van der Waals surface area (Å²) in [7, 11) is 0. The molecule has 4 amide bonds. The lowest BCUT2D eigenvalue weighted by Gasteiger charge is -2.20. The van der Waals surface area contributed by atoms with Gasteiger partial charge in [-0.3, -0.25) is 9.59 Å². The third-order valence-electron chi connectivity index (χ3n) is 6.07. The summed E-state index contributed by atoms with van der Waals surface area (Å²) in [6, 6.07) is 14.4. The molecule has 1 aromatic heterocycles. The highest BCUT2D eigenvalue weighted by Gasteiger charge is 2.22. The zero-order valence-electron chi connectivity index (χ0n) is 24.8. The summed E-state index contributed by atoms with van der Waals surface area (Å²) in [5, 5.41) is 11.1. The number of amides is 4. The zero-order valence-corrected chi connectivity index (χ0v) is 24.8. The number of hydrogen-bond donors (Lipinski definition) is 4. The lowest BCUT2D eigenvalue weighted by molar-refractivity contribution is -0.125. The normalized spacial score (nSPS) is 11.7. The average Bonchev–Trinajstić information content (AvgIpc) is 2.93. The number of alkyl carbamates (subject to hydrolysis) is 2. The van der Waals surface area contributed by atoms with E-state index >= 15 is 0 Å². The molecule has 0 saturated heterocycles. The maximum Gasteiger partial charge on any atom is 0.408 e. The number of rotatable bonds is 12. The van der Waals surface area contributed by atoms with Gasteiger partial charge in [0.05, 0.1) is 6.54 Å². The molecule has 0 spiro atoms. The van der Waals surface area contributed by atoms with Crippen molar-refractivity contribution in [2.45, 2.75) is 65.2 Å². The standard InChI is InChI=1S/C31H38N4O8/c1-20-16-27(37)42-25-17-22(13-14-23(20)25)34-26(36)18-33-28(38)24(12-8-9-15-32-29(39)43-31(2,3)4)35-30(40)41-19-21-10-6-5-7-11-21/h5-7,10-11,13-14,16-17,24H,8-9,12,15,18-19H2,1-4H3,(H,32,39)(H,33,38)(H,34,36)(H,35,40)/t24-/m0/s1. The SMILES string of the molecule is Cc1cc(=O)oc2cc(NC(=O)CNC(=O)[C@H](CCCCNC(=O)OC(C)(C)C)NC(=O)OCc3ccccc3)ccc12. The molecule has 0 aliphatic carbocycles. The molecular weight excluding hydrogens is 556 g/mol. The molecule has 0 aliphatic heterocycles. The molecule has 2 aromatic carbocycles. The van der Waals surface area contributed by atoms with Crippen molar-refractivity contribution < 1.29 is 33.1 Å². The van der Waals surface area contributed by atoms with Gasteiger partial charge >= 0.3 is 17.8 Å². The number of anilines is 1. The van der Waals surface area contributed by atoms with Crippen LogP contribution in [0.5, 0.6) is 0 Å². The molecule has 3 rings (SSSR count). The van der Waals surface area contributed by atoms with Gasteiger partial charge in [0.1, 0.15) is 23.8 Å². The van der Waals surface area contributed by atoms with Crippen molar-refractivity contribution in [2.24, 2.45) is 0 Å². The predicted octanol–water partition coefficient (Wildman–Crippen LogP) is 4.15. The summed E-state index contributed by atoms with van der Waals surface area (Å²) >= 11 is 0. The molecule has 0 bridgehead atoms. The average molecular weight is 595 g/mol. The quantitative estimate of drug-likeness (QED) is 0.179. The van der Waals surface area contributed by atoms with Crippen molar-refractivity contribution in [2.75, 3.05) is 18.4 Å². The lowest BCUT2D eigenvalue weighted by atomic mass is 10.1. The van der Waals surface area contributed by atoms with E-state index in [0.29, 0.717) is 30.7 Å². The minimum absolute atomic E-state index is 0.0225. The van der Waals surface area contributed by atoms with Gasteiger partial charge in [-0.25, -0.2) is 14.4 Å². The largest absolute Gasteiger partial charge is 0.445 e. The van der Waals surface area contributed by atoms with E-state index in [1.54, 1.807) is 52.0 Å². The molecule has 0 saturated carbocycles. The molecule has 1 atom stereocenters. The Balaban J connectivity index is 1.54. The molecule has 0 radical (unpaired) electrons. The Bertz CT molecular complexity index is 1480. The van der Waals surface area contributed by atoms with Gasteiger partial charge in [0.25, 0.3) is 0 Å². The fourth-order valence-corrected chi connectivity index (χ4v) is 4.05. The lowest BCUT2D eigenvalue weighted by Crippen LogP contribution is -2.48. The Morgan fingerprint density at radius 1 is 0.930 bits per heavy atom. The first kappa shape index (κ1) is 32.6. The van der Waals surface area contributed by atoms with E-state index in [9.17, 15) is 24.0 Å². The first-order chi connectivity index (χ1) is 20.4. The van der Waals surface area contributed by atoms with Gasteiger partial charge < -0.3 is 35.2 Å². The third kappa shape index (κ3) is 11.5. The molecule has 0 aliphatic rings. The summed E-state index contributed by atoms with van der Waals surface area (Å²) < 4.78 is 15.7. The van der Waals surface area contributed by atoms with E-state index in [2.05, 4.69) is 21.3 Å². The molecule has 4 N–H and O–H groups in total. The summed E-state index contributed by atoms with van der Waals surface area (Å²) in [5.41, 5.74) is 1.13. The van der Waals surface area contributed by atoms with Crippen molar-refractivity contribution in [3.8, 4) is 0 Å². The molecular formula is C31H38N4O8. The minimum atomic E-state index is -0.990. The Morgan fingerprint density at radius 3 is 2.40 bits per heavy atom. The molecule has 12 heteroatoms. The Hall–Kier alpha value is -4.87. The molecule has 1 heterocycles. The number of unbranched alkanes of at least 4 members (excludes halogenated alkanes) is 1. The number of benzene rings is 2. The number of ether oxygens (including phenoxy) is 2. The van der Waals surface area contributed by atoms with Gasteiger partial charge in [-0.1, -0.05) is 30.3 Å². The highest BCUT2D eigenvalue weighted by molar-refractivity contribution is 5.97. The zero-order chi connectivity index (χ0) is 31.4. The molecule has 43 heavy (non-hydrogen) atoms. The molecule has 12 nitrogen and oxygen atoms in total. The number of nitrogens with one attached hydrogen (secondary N) is 4. The van der Waals surface area contributed by atoms with Crippen molar-refractivity contribution in [1.82, 2.24) is 16.0 Å². The van der Waals surface area contributed by atoms with Crippen LogP contribution in [-0.4, -0.2) is 48.7 Å². The van der Waals surface area contributed by atoms with Crippen LogP contribution in [-0.2, 0) is 25.7 Å². The fraction of sp³-hybridized carbons (Fsp3) is 0.387. The Kier molecular flexibility index (Phi) is 11.7. The maximum atomic E-state index is 13.0. The summed E-state index contributed by atoms with van der Waals surface area (Å²) in [5.74, 6) is -1.10. The van der Waals surface area contributed by atoms with Crippen molar-refractivity contribution in [1.29, 1.82) is 0 Å². The second kappa shape index (κ2) is 15.4. The van der Waals surface area contributed by atoms with Gasteiger partial charge in [-0.15, -0.1) is 0 Å². The van der Waals surface area contributed by atoms with Crippen LogP contribution < -0.4 is 26.9 Å². The van der Waals surface area contributed by atoms with E-state index in [1.165, 1.54) is 12.1 Å². The Labute approximate surface area is 249 Å². The minimum Gasteiger partial charge on any atom is -0.445 e. The van der Waals surface area contributed by atoms with Crippen LogP contribution in [0.2, 0.25) is 0 Å². The first-order valence-electron chi connectivity index (χ1n) is 14.0. The van der Waals surface area contributed by atoms with Crippen molar-refractivity contribution in [3.05, 3.63) is 76.1 Å². The topological polar surface area (TPSA) is 165 Å². The summed E-state index contributed by atoms with van der Waals surface area (Å²) in [4.78, 5) is 61.6. The number of carbonyl (C=O) groups is 4. The Morgan fingerprint density at radius 2 is 1.67 bits per heavy atom. The molecule has 3 aromatic rings. The second-order valence-corrected chi connectivity index (χ2v) is 10.9. The maximum absolute atomic E-state index is 13.0. The van der Waals surface area contributed by atoms with Gasteiger partial charge in [-0.2, -0.15) is 0 Å². The van der Waals surface area contributed by atoms with Gasteiger partial charge in [-0.05, 0) is 70.2 Å². The highest BCUT2D eigenvalue weighted by Crippen LogP contribution is 2.20. The second-order valence-electron chi connectivity index (χ2n) is 10.9. The van der Waals surface area contributed by atoms with Crippen LogP contribution in [0.15, 0.2) is 63.8 Å². The predicted molar refractivity (Wildman–Crippen MR) is 160 cm³/mol. The van der Waals surface area contributed by atoms with E-state index in [0.717, 1.165) is 16.5 Å². The van der Waals surface area contributed by atoms with Crippen LogP contribution in [0, 0.1) is 6.92 Å². The number of aryl methyl sites for hydroxylation is 1. The number of hydrogen-bond acceptors (Lipinski definition) is 8. The summed E-state index contributed by atoms with van der Waals surface area (Å²) in [6.07, 6.45) is -0.109. The van der Waals surface area contributed by atoms with Crippen LogP contribution in [0.3, 0.4) is 0 Å². The van der Waals surface area contributed by atoms with E-state index < -0.39 is 41.3 Å². The highest BCUT2D eigenvalue weighted by atomic mass is 16.6. The van der Waals surface area contributed by atoms with E-state index in [-0.39, 0.29) is 19.6 Å². The van der Waals surface area contributed by atoms with Crippen LogP contribution in [0.1, 0.15) is 51.2 Å². The fourth-order valence-electron chi connectivity index (χ4n) is 4.05. The van der Waals surface area contributed by atoms with E-state index in [4.69, 9.17) is 13.9 Å². The molecule has 230 valence electrons. The van der Waals surface area contributed by atoms with Crippen molar-refractivity contribution in [3.63, 3.8) is 0 Å². The van der Waals surface area contributed by atoms with Crippen LogP contribution in [0.25, 0.3) is 11.0 Å². The number of fused-ring (bicyclic) bond motifs is 1. The number of carbonyl (C=O) groups excluding carboxylic acids is 4. The van der Waals surface area contributed by atoms with Crippen molar-refractivity contribution >= 4 is 40.7 Å². The van der Waals surface area contributed by atoms with Gasteiger partial charge in [0, 0.05) is 29.8 Å². The monoisotopic (exact) mass is 594 g/mol. The molecule has 0 fully saturated rings. The summed E-state index contributed by atoms with van der Waals surface area (Å²) in [6.45, 7) is 7.05. The molecule has 0 unspecified atom stereocenters. The van der Waals surface area contributed by atoms with Gasteiger partial charge in [0.2, 0.25) is 11.8 Å². The van der Waals surface area contributed by atoms with Gasteiger partial charge in [0.15, 0.2) is 0 Å². The smallest absolute Gasteiger partial charge is 0.408 e. The third-order valence-corrected chi connectivity index (χ3v) is 6.07.